The van der Waals surface area contributed by atoms with E-state index in [4.69, 9.17) is 0 Å². The van der Waals surface area contributed by atoms with E-state index in [0.29, 0.717) is 17.8 Å². The van der Waals surface area contributed by atoms with Gasteiger partial charge in [0.05, 0.1) is 0 Å². The molecule has 0 saturated heterocycles. The molecule has 0 spiro atoms. The maximum absolute atomic E-state index is 4.36. The Hall–Kier alpha value is -2.25. The minimum absolute atomic E-state index is 0.136. The molecule has 0 atom stereocenters. The first-order valence-electron chi connectivity index (χ1n) is 6.61. The molecule has 2 heterocycles. The molecule has 0 aromatic carbocycles. The van der Waals surface area contributed by atoms with Gasteiger partial charge in [0.1, 0.15) is 12.7 Å². The van der Waals surface area contributed by atoms with Crippen molar-refractivity contribution in [3.05, 3.63) is 12.7 Å². The largest absolute Gasteiger partial charge is 0.354 e. The second-order valence-electron chi connectivity index (χ2n) is 5.42. The van der Waals surface area contributed by atoms with Crippen LogP contribution in [0.15, 0.2) is 12.7 Å². The van der Waals surface area contributed by atoms with Crippen molar-refractivity contribution in [2.45, 2.75) is 39.7 Å². The molecule has 0 aliphatic carbocycles. The Morgan fingerprint density at radius 1 is 1.15 bits per heavy atom. The second-order valence-corrected chi connectivity index (χ2v) is 5.42. The molecule has 20 heavy (non-hydrogen) atoms. The van der Waals surface area contributed by atoms with Crippen molar-refractivity contribution in [3.63, 3.8) is 0 Å². The molecule has 0 saturated carbocycles. The van der Waals surface area contributed by atoms with E-state index in [1.807, 2.05) is 20.8 Å². The summed E-state index contributed by atoms with van der Waals surface area (Å²) in [6.45, 7) is 9.03. The first kappa shape index (κ1) is 14.2. The van der Waals surface area contributed by atoms with Gasteiger partial charge in [-0.25, -0.2) is 4.98 Å². The predicted molar refractivity (Wildman–Crippen MR) is 76.9 cm³/mol. The van der Waals surface area contributed by atoms with Crippen molar-refractivity contribution in [1.82, 2.24) is 29.7 Å². The number of nitrogens with one attached hydrogen (secondary N) is 2. The molecule has 0 fully saturated rings. The molecule has 2 N–H and O–H groups in total. The van der Waals surface area contributed by atoms with Gasteiger partial charge in [-0.2, -0.15) is 24.7 Å². The van der Waals surface area contributed by atoms with E-state index >= 15 is 0 Å². The van der Waals surface area contributed by atoms with Gasteiger partial charge in [-0.15, -0.1) is 0 Å². The maximum atomic E-state index is 4.36. The lowest BCUT2D eigenvalue weighted by Crippen LogP contribution is -2.28. The lowest BCUT2D eigenvalue weighted by atomic mass is 10.1. The van der Waals surface area contributed by atoms with Gasteiger partial charge in [0.25, 0.3) is 5.95 Å². The summed E-state index contributed by atoms with van der Waals surface area (Å²) in [7, 11) is 0. The van der Waals surface area contributed by atoms with Gasteiger partial charge >= 0.3 is 0 Å². The zero-order valence-corrected chi connectivity index (χ0v) is 12.3. The molecule has 0 aliphatic rings. The summed E-state index contributed by atoms with van der Waals surface area (Å²) >= 11 is 0. The van der Waals surface area contributed by atoms with Gasteiger partial charge in [0.15, 0.2) is 0 Å². The highest BCUT2D eigenvalue weighted by Gasteiger charge is 2.14. The minimum Gasteiger partial charge on any atom is -0.354 e. The fourth-order valence-electron chi connectivity index (χ4n) is 1.49. The molecule has 8 nitrogen and oxygen atoms in total. The third-order valence-corrected chi connectivity index (χ3v) is 2.27. The topological polar surface area (TPSA) is 93.4 Å². The van der Waals surface area contributed by atoms with E-state index in [-0.39, 0.29) is 5.54 Å². The Morgan fingerprint density at radius 2 is 1.90 bits per heavy atom. The molecule has 2 aromatic heterocycles. The first-order chi connectivity index (χ1) is 9.48. The van der Waals surface area contributed by atoms with Crippen LogP contribution < -0.4 is 10.6 Å². The third-order valence-electron chi connectivity index (χ3n) is 2.27. The molecular weight excluding hydrogens is 256 g/mol. The second kappa shape index (κ2) is 5.81. The van der Waals surface area contributed by atoms with E-state index in [1.165, 1.54) is 11.0 Å². The zero-order chi connectivity index (χ0) is 14.6. The average molecular weight is 276 g/mol. The SMILES string of the molecule is CCCNc1nc(NC(C)(C)C)nc(-n2cncn2)n1. The quantitative estimate of drug-likeness (QED) is 0.854. The van der Waals surface area contributed by atoms with Crippen molar-refractivity contribution in [2.75, 3.05) is 17.2 Å². The van der Waals surface area contributed by atoms with Crippen LogP contribution in [0.4, 0.5) is 11.9 Å². The molecule has 8 heteroatoms. The fourth-order valence-corrected chi connectivity index (χ4v) is 1.49. The summed E-state index contributed by atoms with van der Waals surface area (Å²) in [6, 6.07) is 0. The summed E-state index contributed by atoms with van der Waals surface area (Å²) in [6.07, 6.45) is 3.99. The van der Waals surface area contributed by atoms with Crippen LogP contribution in [-0.4, -0.2) is 41.8 Å². The molecule has 0 radical (unpaired) electrons. The van der Waals surface area contributed by atoms with Gasteiger partial charge in [0, 0.05) is 12.1 Å². The number of aromatic nitrogens is 6. The normalized spacial score (nSPS) is 11.4. The average Bonchev–Trinajstić information content (AvgIpc) is 2.87. The molecule has 0 amide bonds. The van der Waals surface area contributed by atoms with Gasteiger partial charge in [-0.3, -0.25) is 0 Å². The van der Waals surface area contributed by atoms with Gasteiger partial charge in [0.2, 0.25) is 11.9 Å². The highest BCUT2D eigenvalue weighted by Crippen LogP contribution is 2.13. The Kier molecular flexibility index (Phi) is 4.11. The summed E-state index contributed by atoms with van der Waals surface area (Å²) < 4.78 is 1.51. The van der Waals surface area contributed by atoms with E-state index in [0.717, 1.165) is 13.0 Å². The van der Waals surface area contributed by atoms with E-state index in [1.54, 1.807) is 6.33 Å². The minimum atomic E-state index is -0.136. The number of nitrogens with zero attached hydrogens (tertiary/aromatic N) is 6. The van der Waals surface area contributed by atoms with Gasteiger partial charge in [-0.1, -0.05) is 6.92 Å². The highest BCUT2D eigenvalue weighted by molar-refractivity contribution is 5.39. The van der Waals surface area contributed by atoms with Crippen molar-refractivity contribution in [3.8, 4) is 5.95 Å². The monoisotopic (exact) mass is 276 g/mol. The Morgan fingerprint density at radius 3 is 2.50 bits per heavy atom. The fraction of sp³-hybridized carbons (Fsp3) is 0.583. The van der Waals surface area contributed by atoms with Crippen LogP contribution in [0, 0.1) is 0 Å². The number of anilines is 2. The van der Waals surface area contributed by atoms with E-state index in [2.05, 4.69) is 42.6 Å². The lowest BCUT2D eigenvalue weighted by Gasteiger charge is -2.20. The van der Waals surface area contributed by atoms with Crippen molar-refractivity contribution in [2.24, 2.45) is 0 Å². The predicted octanol–water partition coefficient (Wildman–Crippen LogP) is 1.48. The van der Waals surface area contributed by atoms with Crippen LogP contribution in [0.25, 0.3) is 5.95 Å². The smallest absolute Gasteiger partial charge is 0.258 e. The lowest BCUT2D eigenvalue weighted by molar-refractivity contribution is 0.623. The zero-order valence-electron chi connectivity index (χ0n) is 12.3. The Labute approximate surface area is 118 Å². The number of hydrogen-bond acceptors (Lipinski definition) is 7. The molecule has 0 aliphatic heterocycles. The van der Waals surface area contributed by atoms with Crippen LogP contribution >= 0.6 is 0 Å². The van der Waals surface area contributed by atoms with Crippen molar-refractivity contribution < 1.29 is 0 Å². The summed E-state index contributed by atoms with van der Waals surface area (Å²) in [5, 5.41) is 10.4. The van der Waals surface area contributed by atoms with Gasteiger partial charge in [-0.05, 0) is 27.2 Å². The van der Waals surface area contributed by atoms with Crippen LogP contribution in [0.3, 0.4) is 0 Å². The molecular formula is C12H20N8. The summed E-state index contributed by atoms with van der Waals surface area (Å²) in [5.41, 5.74) is -0.136. The highest BCUT2D eigenvalue weighted by atomic mass is 15.4. The number of rotatable bonds is 5. The Bertz CT molecular complexity index is 543. The van der Waals surface area contributed by atoms with Crippen molar-refractivity contribution >= 4 is 11.9 Å². The summed E-state index contributed by atoms with van der Waals surface area (Å²) in [4.78, 5) is 17.0. The van der Waals surface area contributed by atoms with Crippen molar-refractivity contribution in [1.29, 1.82) is 0 Å². The van der Waals surface area contributed by atoms with Crippen LogP contribution in [0.5, 0.6) is 0 Å². The van der Waals surface area contributed by atoms with Crippen LogP contribution in [0.2, 0.25) is 0 Å². The molecule has 2 aromatic rings. The molecule has 108 valence electrons. The summed E-state index contributed by atoms with van der Waals surface area (Å²) in [5.74, 6) is 1.47. The van der Waals surface area contributed by atoms with Gasteiger partial charge < -0.3 is 10.6 Å². The molecule has 2 rings (SSSR count). The van der Waals surface area contributed by atoms with Crippen LogP contribution in [0.1, 0.15) is 34.1 Å². The standard InChI is InChI=1S/C12H20N8/c1-5-6-14-9-16-10(19-12(2,3)4)18-11(17-9)20-8-13-7-15-20/h7-8H,5-6H2,1-4H3,(H2,14,16,17,18,19). The number of hydrogen-bond donors (Lipinski definition) is 2. The van der Waals surface area contributed by atoms with E-state index < -0.39 is 0 Å². The van der Waals surface area contributed by atoms with E-state index in [9.17, 15) is 0 Å². The maximum Gasteiger partial charge on any atom is 0.258 e. The first-order valence-corrected chi connectivity index (χ1v) is 6.61. The molecule has 0 unspecified atom stereocenters. The van der Waals surface area contributed by atoms with Crippen LogP contribution in [-0.2, 0) is 0 Å². The third kappa shape index (κ3) is 3.87. The Balaban J connectivity index is 2.33. The molecule has 0 bridgehead atoms.